The van der Waals surface area contributed by atoms with E-state index in [1.165, 1.54) is 37.5 Å². The molecule has 0 N–H and O–H groups in total. The second kappa shape index (κ2) is 18.0. The van der Waals surface area contributed by atoms with Gasteiger partial charge in [-0.05, 0) is 0 Å². The van der Waals surface area contributed by atoms with Crippen LogP contribution in [0.5, 0.6) is 0 Å². The van der Waals surface area contributed by atoms with Crippen LogP contribution >= 0.6 is 0 Å². The Balaban J connectivity index is 1.49. The zero-order valence-corrected chi connectivity index (χ0v) is 39.2. The van der Waals surface area contributed by atoms with Crippen molar-refractivity contribution in [2.45, 2.75) is 107 Å². The van der Waals surface area contributed by atoms with E-state index >= 15 is 0 Å². The van der Waals surface area contributed by atoms with Gasteiger partial charge in [0, 0.05) is 0 Å². The molecule has 1 saturated heterocycles. The summed E-state index contributed by atoms with van der Waals surface area (Å²) < 4.78 is 37.6. The fourth-order valence-electron chi connectivity index (χ4n) is 8.90. The van der Waals surface area contributed by atoms with E-state index in [4.69, 9.17) is 23.1 Å². The molecule has 0 bridgehead atoms. The van der Waals surface area contributed by atoms with Crippen LogP contribution in [-0.4, -0.2) is 74.2 Å². The van der Waals surface area contributed by atoms with Crippen LogP contribution in [0.4, 0.5) is 0 Å². The molecule has 0 radical (unpaired) electrons. The number of ether oxygens (including phenoxy) is 3. The molecule has 1 fully saturated rings. The summed E-state index contributed by atoms with van der Waals surface area (Å²) in [6, 6.07) is 53.7. The van der Waals surface area contributed by atoms with Gasteiger partial charge < -0.3 is 0 Å². The van der Waals surface area contributed by atoms with Gasteiger partial charge in [0.1, 0.15) is 0 Å². The van der Waals surface area contributed by atoms with Gasteiger partial charge in [0.15, 0.2) is 0 Å². The topological polar surface area (TPSA) is 63.2 Å². The Bertz CT molecular complexity index is 2060. The summed E-state index contributed by atoms with van der Waals surface area (Å²) in [7, 11) is -6.39. The average Bonchev–Trinajstić information content (AvgIpc) is 3.23. The van der Waals surface area contributed by atoms with Gasteiger partial charge in [0.2, 0.25) is 0 Å². The van der Waals surface area contributed by atoms with Crippen molar-refractivity contribution in [2.75, 3.05) is 0 Å². The minimum absolute atomic E-state index is 0.138. The Hall–Kier alpha value is -3.90. The molecule has 0 aliphatic carbocycles. The number of ketones is 1. The fraction of sp³-hybridized carbons (Fsp3) is 0.340. The molecular weight excluding hydrogens is 832 g/mol. The Morgan fingerprint density at radius 1 is 0.542 bits per heavy atom. The molecule has 59 heavy (non-hydrogen) atoms. The molecule has 5 aromatic carbocycles. The minimum atomic E-state index is -3.22. The molecule has 7 rings (SSSR count). The van der Waals surface area contributed by atoms with Crippen LogP contribution in [-0.2, 0) is 27.9 Å². The Morgan fingerprint density at radius 2 is 0.932 bits per heavy atom. The van der Waals surface area contributed by atoms with Crippen LogP contribution in [0.25, 0.3) is 0 Å². The first-order valence-electron chi connectivity index (χ1n) is 20.7. The van der Waals surface area contributed by atoms with Gasteiger partial charge in [-0.3, -0.25) is 0 Å². The molecule has 5 aromatic rings. The summed E-state index contributed by atoms with van der Waals surface area (Å²) in [6.07, 6.45) is -0.745. The van der Waals surface area contributed by atoms with Crippen LogP contribution in [0.2, 0.25) is 14.9 Å². The molecule has 0 spiro atoms. The van der Waals surface area contributed by atoms with Gasteiger partial charge >= 0.3 is 362 Å². The van der Waals surface area contributed by atoms with Gasteiger partial charge in [-0.15, -0.1) is 0 Å². The molecule has 0 unspecified atom stereocenters. The summed E-state index contributed by atoms with van der Waals surface area (Å²) in [6.45, 7) is 17.9. The Labute approximate surface area is 359 Å². The van der Waals surface area contributed by atoms with Crippen molar-refractivity contribution in [1.82, 2.24) is 0 Å². The summed E-state index contributed by atoms with van der Waals surface area (Å²) >= 11 is -0.257. The maximum absolute atomic E-state index is 13.5. The van der Waals surface area contributed by atoms with Crippen LogP contribution in [0.1, 0.15) is 55.4 Å². The van der Waals surface area contributed by atoms with Crippen molar-refractivity contribution in [3.8, 4) is 0 Å². The van der Waals surface area contributed by atoms with Gasteiger partial charge in [0.25, 0.3) is 0 Å². The van der Waals surface area contributed by atoms with Crippen molar-refractivity contribution in [3.05, 3.63) is 164 Å². The summed E-state index contributed by atoms with van der Waals surface area (Å²) in [5.41, 5.74) is 0. The number of hydrogen-bond donors (Lipinski definition) is 0. The van der Waals surface area contributed by atoms with Crippen molar-refractivity contribution in [3.63, 3.8) is 0 Å². The molecule has 0 amide bonds. The van der Waals surface area contributed by atoms with E-state index in [1.54, 1.807) is 0 Å². The SMILES string of the molecule is C[C@@H]1O[C@H](O[C@@H]2C(=O)C=CO[C@H]2C)[C@@H]([Se]c2ccccc2)[C@H](O[Si](c2ccccc2)(c2ccccc2)C(C)(C)C)[C@H]1O[Si](c1ccccc1)(c1ccccc1)C(C)(C)C. The third-order valence-electron chi connectivity index (χ3n) is 11.7. The van der Waals surface area contributed by atoms with Crippen molar-refractivity contribution < 1.29 is 27.9 Å². The third-order valence-corrected chi connectivity index (χ3v) is 24.5. The average molecular weight is 890 g/mol. The molecule has 9 heteroatoms. The molecule has 0 saturated carbocycles. The molecular formula is C50H58O6SeSi2. The normalized spacial score (nSPS) is 24.1. The quantitative estimate of drug-likeness (QED) is 0.123. The van der Waals surface area contributed by atoms with Gasteiger partial charge in [-0.2, -0.15) is 0 Å². The predicted octanol–water partition coefficient (Wildman–Crippen LogP) is 7.33. The molecule has 308 valence electrons. The zero-order chi connectivity index (χ0) is 41.8. The second-order valence-corrected chi connectivity index (χ2v) is 28.8. The molecule has 0 aromatic heterocycles. The molecule has 2 aliphatic heterocycles. The van der Waals surface area contributed by atoms with Crippen LogP contribution < -0.4 is 25.2 Å². The molecule has 7 atom stereocenters. The van der Waals surface area contributed by atoms with Crippen molar-refractivity contribution in [1.29, 1.82) is 0 Å². The zero-order valence-electron chi connectivity index (χ0n) is 35.5. The van der Waals surface area contributed by atoms with E-state index in [9.17, 15) is 4.79 Å². The third kappa shape index (κ3) is 8.68. The fourth-order valence-corrected chi connectivity index (χ4v) is 21.1. The maximum atomic E-state index is 13.5. The van der Waals surface area contributed by atoms with E-state index in [0.717, 1.165) is 0 Å². The van der Waals surface area contributed by atoms with Gasteiger partial charge in [0.05, 0.1) is 0 Å². The second-order valence-electron chi connectivity index (χ2n) is 17.7. The van der Waals surface area contributed by atoms with E-state index in [2.05, 4.69) is 194 Å². The van der Waals surface area contributed by atoms with Crippen LogP contribution in [0.15, 0.2) is 164 Å². The number of carbonyl (C=O) groups excluding carboxylic acids is 1. The molecule has 2 aliphatic rings. The summed E-state index contributed by atoms with van der Waals surface area (Å²) in [5.74, 6) is -0.138. The summed E-state index contributed by atoms with van der Waals surface area (Å²) in [5, 5.41) is 4.10. The monoisotopic (exact) mass is 890 g/mol. The van der Waals surface area contributed by atoms with Gasteiger partial charge in [-0.25, -0.2) is 0 Å². The van der Waals surface area contributed by atoms with Gasteiger partial charge in [-0.1, -0.05) is 0 Å². The first-order chi connectivity index (χ1) is 28.3. The number of rotatable bonds is 12. The first kappa shape index (κ1) is 43.2. The molecule has 2 heterocycles. The standard InChI is InChI=1S/C50H58O6SeSi2/c1-36-44(43(51)34-35-52-36)54-48-47(57-38-24-14-9-15-25-38)46(56-59(50(6,7)8,41-30-20-12-21-31-41)42-32-22-13-23-33-42)45(37(2)53-48)55-58(49(3,4)5,39-26-16-10-17-27-39)40-28-18-11-19-29-40/h9-37,44-48H,1-8H3/t36-,37-,44-,45-,46+,47-,48+/m0/s1. The predicted molar refractivity (Wildman–Crippen MR) is 244 cm³/mol. The van der Waals surface area contributed by atoms with E-state index in [1.807, 2.05) is 13.0 Å². The summed E-state index contributed by atoms with van der Waals surface area (Å²) in [4.78, 5) is 13.2. The number of benzene rings is 5. The van der Waals surface area contributed by atoms with Crippen LogP contribution in [0, 0.1) is 0 Å². The number of hydrogen-bond acceptors (Lipinski definition) is 6. The molecule has 6 nitrogen and oxygen atoms in total. The Kier molecular flexibility index (Phi) is 13.2. The first-order valence-corrected chi connectivity index (χ1v) is 26.4. The van der Waals surface area contributed by atoms with Crippen LogP contribution in [0.3, 0.4) is 0 Å². The van der Waals surface area contributed by atoms with Crippen molar-refractivity contribution in [2.24, 2.45) is 0 Å². The van der Waals surface area contributed by atoms with Crippen molar-refractivity contribution >= 4 is 62.6 Å². The number of carbonyl (C=O) groups is 1. The Morgan fingerprint density at radius 3 is 1.32 bits per heavy atom. The van der Waals surface area contributed by atoms with E-state index in [0.29, 0.717) is 0 Å². The van der Waals surface area contributed by atoms with E-state index < -0.39 is 53.4 Å². The van der Waals surface area contributed by atoms with E-state index in [-0.39, 0.29) is 35.6 Å².